The second kappa shape index (κ2) is 11.1. The van der Waals surface area contributed by atoms with Crippen LogP contribution in [0.15, 0.2) is 42.5 Å². The minimum Gasteiger partial charge on any atom is -0.457 e. The number of piperidine rings is 1. The van der Waals surface area contributed by atoms with Gasteiger partial charge in [0.15, 0.2) is 0 Å². The maximum Gasteiger partial charge on any atom is 0.254 e. The van der Waals surface area contributed by atoms with E-state index < -0.39 is 0 Å². The first-order valence-electron chi connectivity index (χ1n) is 12.2. The van der Waals surface area contributed by atoms with Crippen molar-refractivity contribution in [2.75, 3.05) is 47.3 Å². The molecule has 192 valence electrons. The molecule has 0 aliphatic carbocycles. The van der Waals surface area contributed by atoms with Crippen LogP contribution in [-0.2, 0) is 20.9 Å². The van der Waals surface area contributed by atoms with Crippen LogP contribution in [0.2, 0.25) is 0 Å². The first-order chi connectivity index (χ1) is 17.2. The molecule has 4 rings (SSSR count). The maximum absolute atomic E-state index is 13.1. The highest BCUT2D eigenvalue weighted by molar-refractivity contribution is 5.96. The molecule has 0 aromatic heterocycles. The molecule has 2 aliphatic rings. The van der Waals surface area contributed by atoms with E-state index in [1.807, 2.05) is 56.3 Å². The van der Waals surface area contributed by atoms with Crippen LogP contribution in [0, 0.1) is 6.92 Å². The second-order valence-corrected chi connectivity index (χ2v) is 9.78. The van der Waals surface area contributed by atoms with Crippen LogP contribution in [0.1, 0.15) is 27.9 Å². The van der Waals surface area contributed by atoms with Gasteiger partial charge in [-0.15, -0.1) is 0 Å². The number of rotatable bonds is 2. The van der Waals surface area contributed by atoms with Crippen LogP contribution in [0.4, 0.5) is 0 Å². The number of likely N-dealkylation sites (tertiary alicyclic amines) is 1. The highest BCUT2D eigenvalue weighted by Gasteiger charge is 2.33. The molecule has 0 saturated carbocycles. The van der Waals surface area contributed by atoms with Crippen LogP contribution in [0.5, 0.6) is 11.5 Å². The molecule has 2 aliphatic heterocycles. The molecular weight excluding hydrogens is 460 g/mol. The summed E-state index contributed by atoms with van der Waals surface area (Å²) in [5.41, 5.74) is 2.27. The molecule has 9 nitrogen and oxygen atoms in total. The Kier molecular flexibility index (Phi) is 7.91. The number of fused-ring (bicyclic) bond motifs is 5. The first kappa shape index (κ1) is 25.7. The SMILES string of the molecule is Cc1ccc2cc1Oc1cccc(c1)CO[C@@H]1CCN(C(=O)CN(C)C)C[C@@H]1NC(=O)CN(C)C2=O. The number of carbonyl (C=O) groups excluding carboxylic acids is 3. The largest absolute Gasteiger partial charge is 0.457 e. The van der Waals surface area contributed by atoms with Gasteiger partial charge in [-0.25, -0.2) is 0 Å². The molecule has 2 aromatic carbocycles. The molecule has 3 amide bonds. The fraction of sp³-hybridized carbons (Fsp3) is 0.444. The number of carbonyl (C=O) groups is 3. The summed E-state index contributed by atoms with van der Waals surface area (Å²) in [7, 11) is 5.30. The van der Waals surface area contributed by atoms with Gasteiger partial charge in [-0.3, -0.25) is 14.4 Å². The van der Waals surface area contributed by atoms with Gasteiger partial charge < -0.3 is 29.5 Å². The molecular formula is C27H34N4O5. The van der Waals surface area contributed by atoms with Gasteiger partial charge >= 0.3 is 0 Å². The van der Waals surface area contributed by atoms with E-state index in [0.29, 0.717) is 49.7 Å². The van der Waals surface area contributed by atoms with Crippen LogP contribution < -0.4 is 10.1 Å². The number of nitrogens with one attached hydrogen (secondary N) is 1. The molecule has 2 atom stereocenters. The Balaban J connectivity index is 1.61. The molecule has 1 N–H and O–H groups in total. The van der Waals surface area contributed by atoms with Crippen LogP contribution in [0.3, 0.4) is 0 Å². The summed E-state index contributed by atoms with van der Waals surface area (Å²) < 4.78 is 12.4. The third-order valence-corrected chi connectivity index (χ3v) is 6.45. The number of ether oxygens (including phenoxy) is 2. The lowest BCUT2D eigenvalue weighted by atomic mass is 10.0. The standard InChI is InChI=1S/C27H34N4O5/c1-18-8-9-20-13-24(18)36-21-7-5-6-19(12-21)17-35-23-10-11-31(26(33)16-29(2)3)14-22(23)28-25(32)15-30(4)27(20)34/h5-9,12-13,22-23H,10-11,14-17H2,1-4H3,(H,28,32)/t22-,23+/m0/s1. The van der Waals surface area contributed by atoms with Crippen molar-refractivity contribution in [3.63, 3.8) is 0 Å². The van der Waals surface area contributed by atoms with Crippen LogP contribution >= 0.6 is 0 Å². The van der Waals surface area contributed by atoms with Crippen LogP contribution in [0.25, 0.3) is 0 Å². The zero-order valence-electron chi connectivity index (χ0n) is 21.3. The van der Waals surface area contributed by atoms with Gasteiger partial charge in [0.2, 0.25) is 11.8 Å². The Morgan fingerprint density at radius 1 is 1.17 bits per heavy atom. The molecule has 1 saturated heterocycles. The molecule has 9 heteroatoms. The van der Waals surface area contributed by atoms with Crippen LogP contribution in [-0.4, -0.2) is 91.9 Å². The molecule has 0 radical (unpaired) electrons. The van der Waals surface area contributed by atoms with Gasteiger partial charge in [0.05, 0.1) is 31.8 Å². The lowest BCUT2D eigenvalue weighted by Gasteiger charge is -2.39. The molecule has 2 aromatic rings. The Labute approximate surface area is 211 Å². The number of amides is 3. The summed E-state index contributed by atoms with van der Waals surface area (Å²) in [5.74, 6) is 0.656. The van der Waals surface area contributed by atoms with E-state index in [2.05, 4.69) is 5.32 Å². The minimum absolute atomic E-state index is 0.00663. The second-order valence-electron chi connectivity index (χ2n) is 9.78. The summed E-state index contributed by atoms with van der Waals surface area (Å²) in [6, 6.07) is 12.5. The number of hydrogen-bond acceptors (Lipinski definition) is 6. The average Bonchev–Trinajstić information content (AvgIpc) is 2.83. The molecule has 0 spiro atoms. The zero-order chi connectivity index (χ0) is 25.8. The van der Waals surface area contributed by atoms with Gasteiger partial charge in [-0.05, 0) is 62.8 Å². The van der Waals surface area contributed by atoms with Gasteiger partial charge in [0.1, 0.15) is 11.5 Å². The first-order valence-corrected chi connectivity index (χ1v) is 12.2. The molecule has 36 heavy (non-hydrogen) atoms. The van der Waals surface area contributed by atoms with Crippen molar-refractivity contribution < 1.29 is 23.9 Å². The quantitative estimate of drug-likeness (QED) is 0.687. The van der Waals surface area contributed by atoms with Gasteiger partial charge in [-0.2, -0.15) is 0 Å². The summed E-state index contributed by atoms with van der Waals surface area (Å²) in [6.07, 6.45) is 0.324. The van der Waals surface area contributed by atoms with Crippen molar-refractivity contribution in [1.82, 2.24) is 20.0 Å². The van der Waals surface area contributed by atoms with E-state index in [1.54, 1.807) is 24.1 Å². The number of likely N-dealkylation sites (N-methyl/N-ethyl adjacent to an activating group) is 2. The predicted molar refractivity (Wildman–Crippen MR) is 135 cm³/mol. The topological polar surface area (TPSA) is 91.4 Å². The van der Waals surface area contributed by atoms with Gasteiger partial charge in [0, 0.05) is 25.7 Å². The smallest absolute Gasteiger partial charge is 0.254 e. The van der Waals surface area contributed by atoms with Crippen molar-refractivity contribution in [3.8, 4) is 11.5 Å². The highest BCUT2D eigenvalue weighted by Crippen LogP contribution is 2.28. The Morgan fingerprint density at radius 3 is 2.75 bits per heavy atom. The zero-order valence-corrected chi connectivity index (χ0v) is 21.3. The van der Waals surface area contributed by atoms with E-state index in [9.17, 15) is 14.4 Å². The lowest BCUT2D eigenvalue weighted by Crippen LogP contribution is -2.59. The monoisotopic (exact) mass is 494 g/mol. The summed E-state index contributed by atoms with van der Waals surface area (Å²) in [5, 5.41) is 3.02. The Morgan fingerprint density at radius 2 is 1.97 bits per heavy atom. The molecule has 1 fully saturated rings. The highest BCUT2D eigenvalue weighted by atomic mass is 16.5. The minimum atomic E-state index is -0.390. The number of nitrogens with zero attached hydrogens (tertiary/aromatic N) is 3. The maximum atomic E-state index is 13.1. The van der Waals surface area contributed by atoms with Crippen molar-refractivity contribution in [1.29, 1.82) is 0 Å². The molecule has 4 bridgehead atoms. The third-order valence-electron chi connectivity index (χ3n) is 6.45. The normalized spacial score (nSPS) is 21.0. The number of benzene rings is 2. The van der Waals surface area contributed by atoms with Crippen molar-refractivity contribution in [3.05, 3.63) is 59.2 Å². The van der Waals surface area contributed by atoms with Gasteiger partial charge in [-0.1, -0.05) is 18.2 Å². The van der Waals surface area contributed by atoms with E-state index in [0.717, 1.165) is 11.1 Å². The number of hydrogen-bond donors (Lipinski definition) is 1. The summed E-state index contributed by atoms with van der Waals surface area (Å²) in [6.45, 7) is 3.36. The van der Waals surface area contributed by atoms with E-state index in [1.165, 1.54) is 4.90 Å². The summed E-state index contributed by atoms with van der Waals surface area (Å²) >= 11 is 0. The molecule has 2 heterocycles. The van der Waals surface area contributed by atoms with E-state index >= 15 is 0 Å². The van der Waals surface area contributed by atoms with Crippen molar-refractivity contribution in [2.45, 2.75) is 32.1 Å². The number of aryl methyl sites for hydroxylation is 1. The van der Waals surface area contributed by atoms with E-state index in [-0.39, 0.29) is 36.4 Å². The van der Waals surface area contributed by atoms with E-state index in [4.69, 9.17) is 9.47 Å². The van der Waals surface area contributed by atoms with Crippen molar-refractivity contribution >= 4 is 17.7 Å². The summed E-state index contributed by atoms with van der Waals surface area (Å²) in [4.78, 5) is 43.7. The predicted octanol–water partition coefficient (Wildman–Crippen LogP) is 2.04. The average molecular weight is 495 g/mol. The fourth-order valence-electron chi connectivity index (χ4n) is 4.50. The Bertz CT molecular complexity index is 1130. The fourth-order valence-corrected chi connectivity index (χ4v) is 4.50. The lowest BCUT2D eigenvalue weighted by molar-refractivity contribution is -0.138. The third kappa shape index (κ3) is 6.22. The van der Waals surface area contributed by atoms with Gasteiger partial charge in [0.25, 0.3) is 5.91 Å². The molecule has 0 unspecified atom stereocenters. The Hall–Kier alpha value is -3.43. The van der Waals surface area contributed by atoms with Crippen molar-refractivity contribution in [2.24, 2.45) is 0 Å².